The van der Waals surface area contributed by atoms with E-state index in [1.165, 1.54) is 6.07 Å². The normalized spacial score (nSPS) is 12.8. The van der Waals surface area contributed by atoms with E-state index in [-0.39, 0.29) is 17.5 Å². The summed E-state index contributed by atoms with van der Waals surface area (Å²) in [6, 6.07) is 1.43. The number of aromatic nitrogens is 4. The first-order valence-corrected chi connectivity index (χ1v) is 6.00. The second-order valence-electron chi connectivity index (χ2n) is 3.39. The minimum Gasteiger partial charge on any atom is -0.493 e. The Labute approximate surface area is 101 Å². The number of hydrogen-bond acceptors (Lipinski definition) is 6. The van der Waals surface area contributed by atoms with Gasteiger partial charge in [0.25, 0.3) is 5.78 Å². The first-order chi connectivity index (χ1) is 8.02. The quantitative estimate of drug-likeness (QED) is 0.828. The zero-order chi connectivity index (χ0) is 12.6. The van der Waals surface area contributed by atoms with Gasteiger partial charge in [-0.15, -0.1) is 16.9 Å². The van der Waals surface area contributed by atoms with Gasteiger partial charge in [-0.25, -0.2) is 4.98 Å². The Morgan fingerprint density at radius 2 is 2.24 bits per heavy atom. The first kappa shape index (κ1) is 11.6. The van der Waals surface area contributed by atoms with Crippen molar-refractivity contribution in [2.24, 2.45) is 0 Å². The number of carbonyl (C=O) groups is 1. The van der Waals surface area contributed by atoms with E-state index in [0.717, 1.165) is 16.3 Å². The molecule has 2 heterocycles. The lowest BCUT2D eigenvalue weighted by Crippen LogP contribution is -2.09. The summed E-state index contributed by atoms with van der Waals surface area (Å²) < 4.78 is 1.12. The monoisotopic (exact) mass is 254 g/mol. The molecule has 0 aliphatic carbocycles. The van der Waals surface area contributed by atoms with Crippen molar-refractivity contribution in [3.63, 3.8) is 0 Å². The van der Waals surface area contributed by atoms with E-state index in [1.54, 1.807) is 13.2 Å². The molecule has 0 saturated carbocycles. The highest BCUT2D eigenvalue weighted by atomic mass is 32.2. The number of carboxylic acids is 1. The Morgan fingerprint density at radius 1 is 1.53 bits per heavy atom. The molecule has 0 spiro atoms. The molecule has 1 unspecified atom stereocenters. The number of aryl methyl sites for hydroxylation is 1. The van der Waals surface area contributed by atoms with Gasteiger partial charge in [0, 0.05) is 11.8 Å². The molecule has 17 heavy (non-hydrogen) atoms. The van der Waals surface area contributed by atoms with Crippen LogP contribution in [0.2, 0.25) is 0 Å². The molecule has 0 saturated heterocycles. The molecular weight excluding hydrogens is 244 g/mol. The van der Waals surface area contributed by atoms with E-state index in [9.17, 15) is 9.90 Å². The van der Waals surface area contributed by atoms with Gasteiger partial charge < -0.3 is 10.2 Å². The van der Waals surface area contributed by atoms with Crippen LogP contribution >= 0.6 is 11.8 Å². The highest BCUT2D eigenvalue weighted by Crippen LogP contribution is 2.25. The molecule has 0 aromatic carbocycles. The van der Waals surface area contributed by atoms with Gasteiger partial charge in [-0.1, -0.05) is 0 Å². The summed E-state index contributed by atoms with van der Waals surface area (Å²) in [4.78, 5) is 19.0. The maximum Gasteiger partial charge on any atom is 0.324 e. The van der Waals surface area contributed by atoms with Crippen LogP contribution in [-0.4, -0.2) is 42.0 Å². The molecule has 0 bridgehead atoms. The first-order valence-electron chi connectivity index (χ1n) is 4.72. The molecule has 2 rings (SSSR count). The predicted molar refractivity (Wildman–Crippen MR) is 61.1 cm³/mol. The fourth-order valence-electron chi connectivity index (χ4n) is 1.41. The van der Waals surface area contributed by atoms with Gasteiger partial charge in [0.15, 0.2) is 11.1 Å². The van der Waals surface area contributed by atoms with Crippen LogP contribution in [0.15, 0.2) is 6.07 Å². The lowest BCUT2D eigenvalue weighted by molar-refractivity contribution is -0.136. The van der Waals surface area contributed by atoms with Crippen LogP contribution in [-0.2, 0) is 4.79 Å². The molecular formula is C9H10N4O3S. The summed E-state index contributed by atoms with van der Waals surface area (Å²) >= 11 is 1.11. The van der Waals surface area contributed by atoms with Crippen molar-refractivity contribution in [1.82, 2.24) is 19.6 Å². The minimum atomic E-state index is -1.02. The number of fused-ring (bicyclic) bond motifs is 1. The summed E-state index contributed by atoms with van der Waals surface area (Å²) in [5.41, 5.74) is 0.588. The fourth-order valence-corrected chi connectivity index (χ4v) is 1.92. The number of hydrogen-bond donors (Lipinski definition) is 2. The van der Waals surface area contributed by atoms with Gasteiger partial charge in [-0.3, -0.25) is 4.79 Å². The van der Waals surface area contributed by atoms with Crippen molar-refractivity contribution in [2.45, 2.75) is 12.2 Å². The summed E-state index contributed by atoms with van der Waals surface area (Å²) in [6.07, 6.45) is 1.66. The van der Waals surface area contributed by atoms with E-state index in [1.807, 2.05) is 0 Å². The van der Waals surface area contributed by atoms with Crippen LogP contribution in [0.5, 0.6) is 5.88 Å². The zero-order valence-electron chi connectivity index (χ0n) is 9.15. The van der Waals surface area contributed by atoms with Crippen LogP contribution in [0.4, 0.5) is 0 Å². The number of carboxylic acid groups (broad SMARTS) is 1. The Morgan fingerprint density at radius 3 is 2.82 bits per heavy atom. The molecule has 0 amide bonds. The minimum absolute atomic E-state index is 0.114. The van der Waals surface area contributed by atoms with E-state index < -0.39 is 11.2 Å². The standard InChI is InChI=1S/C9H10N4O3S/c1-4-3-5(14)13-9(10-4)11-7(12-13)6(17-2)8(15)16/h3,6,14H,1-2H3,(H,15,16). The number of nitrogens with zero attached hydrogens (tertiary/aromatic N) is 4. The molecule has 0 radical (unpaired) electrons. The van der Waals surface area contributed by atoms with E-state index in [2.05, 4.69) is 15.1 Å². The summed E-state index contributed by atoms with van der Waals surface area (Å²) in [5.74, 6) is -0.822. The van der Waals surface area contributed by atoms with Gasteiger partial charge in [0.2, 0.25) is 5.88 Å². The summed E-state index contributed by atoms with van der Waals surface area (Å²) in [6.45, 7) is 1.71. The SMILES string of the molecule is CSC(C(=O)O)c1nc2nc(C)cc(O)n2n1. The van der Waals surface area contributed by atoms with Crippen molar-refractivity contribution in [3.8, 4) is 5.88 Å². The van der Waals surface area contributed by atoms with E-state index >= 15 is 0 Å². The van der Waals surface area contributed by atoms with Gasteiger partial charge >= 0.3 is 5.97 Å². The fraction of sp³-hybridized carbons (Fsp3) is 0.333. The Bertz CT molecular complexity index is 583. The van der Waals surface area contributed by atoms with Crippen molar-refractivity contribution < 1.29 is 15.0 Å². The van der Waals surface area contributed by atoms with Gasteiger partial charge in [-0.2, -0.15) is 9.50 Å². The summed E-state index contributed by atoms with van der Waals surface area (Å²) in [7, 11) is 0. The number of aliphatic carboxylic acids is 1. The molecule has 2 aromatic rings. The summed E-state index contributed by atoms with van der Waals surface area (Å²) in [5, 5.41) is 21.7. The second kappa shape index (κ2) is 4.21. The highest BCUT2D eigenvalue weighted by molar-refractivity contribution is 7.99. The molecule has 8 heteroatoms. The van der Waals surface area contributed by atoms with E-state index in [4.69, 9.17) is 5.11 Å². The smallest absolute Gasteiger partial charge is 0.324 e. The maximum atomic E-state index is 11.0. The lowest BCUT2D eigenvalue weighted by atomic mass is 10.4. The van der Waals surface area contributed by atoms with Crippen LogP contribution in [0.3, 0.4) is 0 Å². The molecule has 0 aliphatic rings. The molecule has 2 N–H and O–H groups in total. The Kier molecular flexibility index (Phi) is 2.88. The molecule has 1 atom stereocenters. The Balaban J connectivity index is 2.58. The molecule has 7 nitrogen and oxygen atoms in total. The maximum absolute atomic E-state index is 11.0. The molecule has 0 aliphatic heterocycles. The number of thioether (sulfide) groups is 1. The van der Waals surface area contributed by atoms with Crippen LogP contribution in [0.1, 0.15) is 16.8 Å². The van der Waals surface area contributed by atoms with Crippen molar-refractivity contribution in [1.29, 1.82) is 0 Å². The zero-order valence-corrected chi connectivity index (χ0v) is 9.97. The Hall–Kier alpha value is -1.83. The van der Waals surface area contributed by atoms with Gasteiger partial charge in [0.05, 0.1) is 0 Å². The van der Waals surface area contributed by atoms with Crippen LogP contribution in [0, 0.1) is 6.92 Å². The number of rotatable bonds is 3. The third kappa shape index (κ3) is 2.03. The van der Waals surface area contributed by atoms with Crippen LogP contribution < -0.4 is 0 Å². The van der Waals surface area contributed by atoms with Crippen molar-refractivity contribution >= 4 is 23.5 Å². The molecule has 2 aromatic heterocycles. The lowest BCUT2D eigenvalue weighted by Gasteiger charge is -2.02. The second-order valence-corrected chi connectivity index (χ2v) is 4.33. The average Bonchev–Trinajstić information content (AvgIpc) is 2.61. The third-order valence-electron chi connectivity index (χ3n) is 2.13. The van der Waals surface area contributed by atoms with Crippen molar-refractivity contribution in [2.75, 3.05) is 6.26 Å². The topological polar surface area (TPSA) is 101 Å². The highest BCUT2D eigenvalue weighted by Gasteiger charge is 2.24. The molecule has 0 fully saturated rings. The average molecular weight is 254 g/mol. The third-order valence-corrected chi connectivity index (χ3v) is 3.02. The number of aromatic hydroxyl groups is 1. The van der Waals surface area contributed by atoms with E-state index in [0.29, 0.717) is 5.69 Å². The molecule has 90 valence electrons. The van der Waals surface area contributed by atoms with Crippen molar-refractivity contribution in [3.05, 3.63) is 17.6 Å². The van der Waals surface area contributed by atoms with Gasteiger partial charge in [0.1, 0.15) is 0 Å². The predicted octanol–water partition coefficient (Wildman–Crippen LogP) is 0.627. The van der Waals surface area contributed by atoms with Gasteiger partial charge in [-0.05, 0) is 13.2 Å². The largest absolute Gasteiger partial charge is 0.493 e. The van der Waals surface area contributed by atoms with Crippen LogP contribution in [0.25, 0.3) is 5.78 Å².